The Bertz CT molecular complexity index is 552. The maximum Gasteiger partial charge on any atom is 0.262 e. The summed E-state index contributed by atoms with van der Waals surface area (Å²) in [6, 6.07) is 4.94. The number of amides is 2. The number of anilines is 1. The van der Waals surface area contributed by atoms with Gasteiger partial charge in [-0.2, -0.15) is 0 Å². The van der Waals surface area contributed by atoms with E-state index in [0.717, 1.165) is 12.8 Å². The minimum absolute atomic E-state index is 0.0297. The molecule has 1 aromatic rings. The highest BCUT2D eigenvalue weighted by molar-refractivity contribution is 5.98. The van der Waals surface area contributed by atoms with Crippen LogP contribution in [0.4, 0.5) is 5.69 Å². The van der Waals surface area contributed by atoms with Gasteiger partial charge in [-0.05, 0) is 37.0 Å². The Morgan fingerprint density at radius 3 is 3.00 bits per heavy atom. The molecule has 6 heteroatoms. The predicted octanol–water partition coefficient (Wildman–Crippen LogP) is 0.518. The molecule has 0 unspecified atom stereocenters. The molecule has 1 fully saturated rings. The number of carbonyl (C=O) groups is 2. The van der Waals surface area contributed by atoms with E-state index in [1.807, 2.05) is 0 Å². The van der Waals surface area contributed by atoms with Crippen LogP contribution in [0.15, 0.2) is 18.2 Å². The zero-order valence-electron chi connectivity index (χ0n) is 10.9. The van der Waals surface area contributed by atoms with Crippen LogP contribution in [0.2, 0.25) is 0 Å². The SMILES string of the molecule is O=C1COc2cc(C(=O)NCC3CC(O)C3)ccc2N1. The normalized spacial score (nSPS) is 23.9. The monoisotopic (exact) mass is 276 g/mol. The van der Waals surface area contributed by atoms with Crippen LogP contribution < -0.4 is 15.4 Å². The van der Waals surface area contributed by atoms with Crippen molar-refractivity contribution in [3.8, 4) is 5.75 Å². The lowest BCUT2D eigenvalue weighted by atomic mass is 9.82. The van der Waals surface area contributed by atoms with E-state index in [2.05, 4.69) is 10.6 Å². The molecule has 1 heterocycles. The molecule has 0 spiro atoms. The van der Waals surface area contributed by atoms with E-state index in [9.17, 15) is 14.7 Å². The van der Waals surface area contributed by atoms with Crippen LogP contribution in [0.1, 0.15) is 23.2 Å². The number of aliphatic hydroxyl groups is 1. The lowest BCUT2D eigenvalue weighted by molar-refractivity contribution is -0.118. The molecular weight excluding hydrogens is 260 g/mol. The summed E-state index contributed by atoms with van der Waals surface area (Å²) >= 11 is 0. The molecule has 3 rings (SSSR count). The van der Waals surface area contributed by atoms with Crippen LogP contribution in [0, 0.1) is 5.92 Å². The van der Waals surface area contributed by atoms with E-state index in [1.165, 1.54) is 0 Å². The minimum atomic E-state index is -0.211. The van der Waals surface area contributed by atoms with Crippen molar-refractivity contribution in [3.63, 3.8) is 0 Å². The summed E-state index contributed by atoms with van der Waals surface area (Å²) in [7, 11) is 0. The number of aliphatic hydroxyl groups excluding tert-OH is 1. The van der Waals surface area contributed by atoms with Gasteiger partial charge in [0.15, 0.2) is 6.61 Å². The van der Waals surface area contributed by atoms with Gasteiger partial charge in [-0.1, -0.05) is 0 Å². The van der Waals surface area contributed by atoms with Gasteiger partial charge in [0.05, 0.1) is 11.8 Å². The van der Waals surface area contributed by atoms with Gasteiger partial charge < -0.3 is 20.5 Å². The highest BCUT2D eigenvalue weighted by Crippen LogP contribution is 2.29. The third-order valence-corrected chi connectivity index (χ3v) is 3.64. The molecule has 0 saturated heterocycles. The summed E-state index contributed by atoms with van der Waals surface area (Å²) in [6.45, 7) is 0.544. The summed E-state index contributed by atoms with van der Waals surface area (Å²) < 4.78 is 5.27. The second kappa shape index (κ2) is 5.13. The molecule has 0 radical (unpaired) electrons. The first kappa shape index (κ1) is 12.9. The second-order valence-electron chi connectivity index (χ2n) is 5.25. The van der Waals surface area contributed by atoms with Gasteiger partial charge in [-0.25, -0.2) is 0 Å². The first-order valence-electron chi connectivity index (χ1n) is 6.65. The number of rotatable bonds is 3. The van der Waals surface area contributed by atoms with Crippen molar-refractivity contribution in [2.45, 2.75) is 18.9 Å². The molecule has 3 N–H and O–H groups in total. The average molecular weight is 276 g/mol. The first-order valence-corrected chi connectivity index (χ1v) is 6.65. The Hall–Kier alpha value is -2.08. The largest absolute Gasteiger partial charge is 0.482 e. The molecule has 0 aromatic heterocycles. The lowest BCUT2D eigenvalue weighted by Crippen LogP contribution is -2.38. The number of fused-ring (bicyclic) bond motifs is 1. The maximum absolute atomic E-state index is 12.0. The standard InChI is InChI=1S/C14H16N2O4/c17-10-3-8(4-10)6-15-14(19)9-1-2-11-12(5-9)20-7-13(18)16-11/h1-2,5,8,10,17H,3-4,6-7H2,(H,15,19)(H,16,18). The van der Waals surface area contributed by atoms with Crippen molar-refractivity contribution in [2.75, 3.05) is 18.5 Å². The fourth-order valence-electron chi connectivity index (χ4n) is 2.42. The number of hydrogen-bond donors (Lipinski definition) is 3. The van der Waals surface area contributed by atoms with Crippen LogP contribution in [-0.4, -0.2) is 36.2 Å². The molecular formula is C14H16N2O4. The van der Waals surface area contributed by atoms with Crippen LogP contribution in [0.5, 0.6) is 5.75 Å². The minimum Gasteiger partial charge on any atom is -0.482 e. The van der Waals surface area contributed by atoms with E-state index in [1.54, 1.807) is 18.2 Å². The molecule has 0 atom stereocenters. The third-order valence-electron chi connectivity index (χ3n) is 3.64. The van der Waals surface area contributed by atoms with Gasteiger partial charge in [0, 0.05) is 12.1 Å². The van der Waals surface area contributed by atoms with E-state index in [-0.39, 0.29) is 24.5 Å². The molecule has 106 valence electrons. The van der Waals surface area contributed by atoms with E-state index >= 15 is 0 Å². The van der Waals surface area contributed by atoms with Gasteiger partial charge in [-0.3, -0.25) is 9.59 Å². The molecule has 1 saturated carbocycles. The number of benzene rings is 1. The zero-order chi connectivity index (χ0) is 14.1. The number of hydrogen-bond acceptors (Lipinski definition) is 4. The van der Waals surface area contributed by atoms with Gasteiger partial charge in [0.2, 0.25) is 0 Å². The van der Waals surface area contributed by atoms with E-state index in [0.29, 0.717) is 29.5 Å². The lowest BCUT2D eigenvalue weighted by Gasteiger charge is -2.31. The average Bonchev–Trinajstić information content (AvgIpc) is 2.41. The number of nitrogens with one attached hydrogen (secondary N) is 2. The Morgan fingerprint density at radius 1 is 1.45 bits per heavy atom. The third kappa shape index (κ3) is 2.60. The second-order valence-corrected chi connectivity index (χ2v) is 5.25. The van der Waals surface area contributed by atoms with Gasteiger partial charge >= 0.3 is 0 Å². The molecule has 6 nitrogen and oxygen atoms in total. The van der Waals surface area contributed by atoms with Gasteiger partial charge in [-0.15, -0.1) is 0 Å². The molecule has 1 aromatic carbocycles. The fourth-order valence-corrected chi connectivity index (χ4v) is 2.42. The van der Waals surface area contributed by atoms with Crippen molar-refractivity contribution in [2.24, 2.45) is 5.92 Å². The van der Waals surface area contributed by atoms with Crippen molar-refractivity contribution in [1.82, 2.24) is 5.32 Å². The summed E-state index contributed by atoms with van der Waals surface area (Å²) in [4.78, 5) is 23.2. The summed E-state index contributed by atoms with van der Waals surface area (Å²) in [6.07, 6.45) is 1.29. The highest BCUT2D eigenvalue weighted by atomic mass is 16.5. The topological polar surface area (TPSA) is 87.7 Å². The molecule has 1 aliphatic carbocycles. The zero-order valence-corrected chi connectivity index (χ0v) is 10.9. The number of ether oxygens (including phenoxy) is 1. The van der Waals surface area contributed by atoms with Crippen LogP contribution in [0.25, 0.3) is 0 Å². The molecule has 0 bridgehead atoms. The van der Waals surface area contributed by atoms with Crippen LogP contribution in [-0.2, 0) is 4.79 Å². The first-order chi connectivity index (χ1) is 9.61. The van der Waals surface area contributed by atoms with E-state index in [4.69, 9.17) is 4.74 Å². The van der Waals surface area contributed by atoms with Crippen molar-refractivity contribution < 1.29 is 19.4 Å². The van der Waals surface area contributed by atoms with Crippen molar-refractivity contribution >= 4 is 17.5 Å². The number of carbonyl (C=O) groups excluding carboxylic acids is 2. The van der Waals surface area contributed by atoms with Gasteiger partial charge in [0.25, 0.3) is 11.8 Å². The van der Waals surface area contributed by atoms with Crippen molar-refractivity contribution in [3.05, 3.63) is 23.8 Å². The highest BCUT2D eigenvalue weighted by Gasteiger charge is 2.27. The maximum atomic E-state index is 12.0. The molecule has 2 amide bonds. The Balaban J connectivity index is 1.62. The molecule has 1 aliphatic heterocycles. The van der Waals surface area contributed by atoms with Crippen LogP contribution in [0.3, 0.4) is 0 Å². The van der Waals surface area contributed by atoms with E-state index < -0.39 is 0 Å². The Kier molecular flexibility index (Phi) is 3.31. The Labute approximate surface area is 116 Å². The smallest absolute Gasteiger partial charge is 0.262 e. The molecule has 20 heavy (non-hydrogen) atoms. The predicted molar refractivity (Wildman–Crippen MR) is 71.6 cm³/mol. The Morgan fingerprint density at radius 2 is 2.25 bits per heavy atom. The van der Waals surface area contributed by atoms with Crippen LogP contribution >= 0.6 is 0 Å². The summed E-state index contributed by atoms with van der Waals surface area (Å²) in [5.74, 6) is 0.506. The van der Waals surface area contributed by atoms with Crippen molar-refractivity contribution in [1.29, 1.82) is 0 Å². The quantitative estimate of drug-likeness (QED) is 0.751. The molecule has 2 aliphatic rings. The summed E-state index contributed by atoms with van der Waals surface area (Å²) in [5.41, 5.74) is 1.08. The summed E-state index contributed by atoms with van der Waals surface area (Å²) in [5, 5.41) is 14.7. The fraction of sp³-hybridized carbons (Fsp3) is 0.429. The van der Waals surface area contributed by atoms with Gasteiger partial charge in [0.1, 0.15) is 5.75 Å².